The minimum Gasteiger partial charge on any atom is -0.394 e. The number of anilines is 1. The summed E-state index contributed by atoms with van der Waals surface area (Å²) < 4.78 is 12.8. The van der Waals surface area contributed by atoms with Gasteiger partial charge in [0.2, 0.25) is 0 Å². The van der Waals surface area contributed by atoms with Gasteiger partial charge in [0, 0.05) is 11.5 Å². The third-order valence-corrected chi connectivity index (χ3v) is 3.72. The van der Waals surface area contributed by atoms with Crippen molar-refractivity contribution in [1.29, 1.82) is 0 Å². The monoisotopic (exact) mass is 336 g/mol. The number of fused-ring (bicyclic) bond motifs is 1. The van der Waals surface area contributed by atoms with Crippen LogP contribution in [0.15, 0.2) is 17.8 Å². The first kappa shape index (κ1) is 16.4. The Morgan fingerprint density at radius 2 is 2.29 bits per heavy atom. The van der Waals surface area contributed by atoms with Crippen LogP contribution >= 0.6 is 0 Å². The molecule has 3 rings (SSSR count). The number of aliphatic hydroxyl groups excluding tert-OH is 2. The topological polar surface area (TPSA) is 177 Å². The first-order chi connectivity index (χ1) is 11.7. The summed E-state index contributed by atoms with van der Waals surface area (Å²) in [7, 11) is 0. The number of nitrogens with two attached hydrogens (primary N) is 1. The molecule has 12 nitrogen and oxygen atoms in total. The summed E-state index contributed by atoms with van der Waals surface area (Å²) in [5.41, 5.74) is 14.9. The molecule has 4 atom stereocenters. The van der Waals surface area contributed by atoms with Gasteiger partial charge >= 0.3 is 0 Å². The molecule has 4 N–H and O–H groups in total. The summed E-state index contributed by atoms with van der Waals surface area (Å²) in [6.07, 6.45) is -0.718. The lowest BCUT2D eigenvalue weighted by Crippen LogP contribution is -2.36. The number of ether oxygens (including phenoxy) is 2. The zero-order valence-electron chi connectivity index (χ0n) is 12.5. The SMILES string of the molecule is [N-]=[N+]=NCCO[C@H]1C(O)[C@@H](CO)O[C@H]1n1cnc2c(N)ncnc21. The highest BCUT2D eigenvalue weighted by Crippen LogP contribution is 2.33. The van der Waals surface area contributed by atoms with Gasteiger partial charge in [-0.15, -0.1) is 0 Å². The van der Waals surface area contributed by atoms with Crippen molar-refractivity contribution < 1.29 is 19.7 Å². The van der Waals surface area contributed by atoms with E-state index in [0.717, 1.165) is 0 Å². The van der Waals surface area contributed by atoms with Gasteiger partial charge in [-0.25, -0.2) is 15.0 Å². The van der Waals surface area contributed by atoms with E-state index in [1.54, 1.807) is 4.57 Å². The van der Waals surface area contributed by atoms with Gasteiger partial charge in [-0.2, -0.15) is 0 Å². The molecule has 0 aromatic carbocycles. The zero-order valence-corrected chi connectivity index (χ0v) is 12.5. The van der Waals surface area contributed by atoms with Crippen molar-refractivity contribution in [3.8, 4) is 0 Å². The van der Waals surface area contributed by atoms with Crippen molar-refractivity contribution in [1.82, 2.24) is 19.5 Å². The lowest BCUT2D eigenvalue weighted by Gasteiger charge is -2.21. The fourth-order valence-electron chi connectivity index (χ4n) is 2.60. The second kappa shape index (κ2) is 6.95. The Bertz CT molecular complexity index is 761. The van der Waals surface area contributed by atoms with Crippen LogP contribution in [0.5, 0.6) is 0 Å². The van der Waals surface area contributed by atoms with E-state index < -0.39 is 24.5 Å². The molecule has 1 aliphatic rings. The van der Waals surface area contributed by atoms with Crippen LogP contribution in [0.1, 0.15) is 6.23 Å². The van der Waals surface area contributed by atoms with E-state index in [4.69, 9.17) is 20.7 Å². The highest BCUT2D eigenvalue weighted by Gasteiger charge is 2.45. The van der Waals surface area contributed by atoms with Crippen LogP contribution < -0.4 is 5.73 Å². The summed E-state index contributed by atoms with van der Waals surface area (Å²) in [5.74, 6) is 0.219. The summed E-state index contributed by atoms with van der Waals surface area (Å²) >= 11 is 0. The maximum absolute atomic E-state index is 10.3. The Balaban J connectivity index is 1.90. The molecule has 0 bridgehead atoms. The molecule has 24 heavy (non-hydrogen) atoms. The minimum atomic E-state index is -1.07. The smallest absolute Gasteiger partial charge is 0.167 e. The molecule has 0 radical (unpaired) electrons. The summed E-state index contributed by atoms with van der Waals surface area (Å²) in [6, 6.07) is 0. The second-order valence-corrected chi connectivity index (χ2v) is 5.11. The van der Waals surface area contributed by atoms with E-state index in [9.17, 15) is 10.2 Å². The summed E-state index contributed by atoms with van der Waals surface area (Å²) in [4.78, 5) is 14.8. The minimum absolute atomic E-state index is 0.0908. The Hall–Kier alpha value is -2.50. The molecular formula is C12H16N8O4. The molecule has 2 aromatic heterocycles. The van der Waals surface area contributed by atoms with Crippen LogP contribution in [0.3, 0.4) is 0 Å². The molecule has 1 fully saturated rings. The van der Waals surface area contributed by atoms with E-state index in [-0.39, 0.29) is 25.6 Å². The molecule has 12 heteroatoms. The first-order valence-corrected chi connectivity index (χ1v) is 7.17. The Labute approximate surface area is 135 Å². The number of azide groups is 1. The molecule has 1 unspecified atom stereocenters. The lowest BCUT2D eigenvalue weighted by molar-refractivity contribution is -0.0687. The highest BCUT2D eigenvalue weighted by atomic mass is 16.6. The predicted octanol–water partition coefficient (Wildman–Crippen LogP) is -0.645. The quantitative estimate of drug-likeness (QED) is 0.269. The second-order valence-electron chi connectivity index (χ2n) is 5.11. The van der Waals surface area contributed by atoms with Gasteiger partial charge in [-0.1, -0.05) is 5.11 Å². The maximum atomic E-state index is 10.3. The molecule has 0 saturated carbocycles. The number of rotatable bonds is 6. The van der Waals surface area contributed by atoms with E-state index >= 15 is 0 Å². The molecule has 2 aromatic rings. The highest BCUT2D eigenvalue weighted by molar-refractivity contribution is 5.81. The van der Waals surface area contributed by atoms with Crippen molar-refractivity contribution in [2.45, 2.75) is 24.5 Å². The van der Waals surface area contributed by atoms with Crippen LogP contribution in [-0.4, -0.2) is 67.8 Å². The number of hydrogen-bond acceptors (Lipinski definition) is 9. The van der Waals surface area contributed by atoms with E-state index in [1.165, 1.54) is 12.7 Å². The maximum Gasteiger partial charge on any atom is 0.167 e. The Kier molecular flexibility index (Phi) is 4.74. The van der Waals surface area contributed by atoms with Crippen LogP contribution in [0.25, 0.3) is 21.6 Å². The predicted molar refractivity (Wildman–Crippen MR) is 80.5 cm³/mol. The first-order valence-electron chi connectivity index (χ1n) is 7.17. The van der Waals surface area contributed by atoms with E-state index in [2.05, 4.69) is 25.0 Å². The standard InChI is InChI=1S/C12H16N8O4/c13-10-7-11(16-4-15-10)20(5-17-7)12-9(23-2-1-18-19-14)8(22)6(3-21)24-12/h4-6,8-9,12,21-22H,1-3H2,(H2,13,15,16)/t6-,8?,9+,12-/m1/s1. The molecule has 0 aliphatic carbocycles. The number of aliphatic hydroxyl groups is 2. The molecule has 128 valence electrons. The van der Waals surface area contributed by atoms with E-state index in [0.29, 0.717) is 11.2 Å². The molecule has 1 aliphatic heterocycles. The van der Waals surface area contributed by atoms with Gasteiger partial charge in [-0.05, 0) is 5.53 Å². The number of imidazole rings is 1. The number of hydrogen-bond donors (Lipinski definition) is 3. The molecule has 3 heterocycles. The van der Waals surface area contributed by atoms with Crippen LogP contribution in [0, 0.1) is 0 Å². The molecule has 1 saturated heterocycles. The van der Waals surface area contributed by atoms with E-state index in [1.807, 2.05) is 0 Å². The third-order valence-electron chi connectivity index (χ3n) is 3.72. The lowest BCUT2D eigenvalue weighted by atomic mass is 10.1. The fourth-order valence-corrected chi connectivity index (χ4v) is 2.60. The number of aromatic nitrogens is 4. The van der Waals surface area contributed by atoms with Gasteiger partial charge in [0.05, 0.1) is 19.5 Å². The molecular weight excluding hydrogens is 320 g/mol. The van der Waals surface area contributed by atoms with Gasteiger partial charge < -0.3 is 25.4 Å². The van der Waals surface area contributed by atoms with Crippen molar-refractivity contribution >= 4 is 17.0 Å². The molecule has 0 spiro atoms. The Morgan fingerprint density at radius 3 is 3.04 bits per heavy atom. The number of nitrogen functional groups attached to an aromatic ring is 1. The number of nitrogens with zero attached hydrogens (tertiary/aromatic N) is 7. The van der Waals surface area contributed by atoms with Crippen LogP contribution in [0.2, 0.25) is 0 Å². The van der Waals surface area contributed by atoms with Crippen LogP contribution in [0.4, 0.5) is 5.82 Å². The molecule has 0 amide bonds. The van der Waals surface area contributed by atoms with Crippen molar-refractivity contribution in [3.63, 3.8) is 0 Å². The van der Waals surface area contributed by atoms with Gasteiger partial charge in [0.15, 0.2) is 17.7 Å². The zero-order chi connectivity index (χ0) is 17.1. The van der Waals surface area contributed by atoms with Gasteiger partial charge in [0.25, 0.3) is 0 Å². The largest absolute Gasteiger partial charge is 0.394 e. The van der Waals surface area contributed by atoms with Crippen molar-refractivity contribution in [2.75, 3.05) is 25.5 Å². The normalized spacial score (nSPS) is 26.6. The van der Waals surface area contributed by atoms with Gasteiger partial charge in [-0.3, -0.25) is 4.57 Å². The van der Waals surface area contributed by atoms with Crippen molar-refractivity contribution in [3.05, 3.63) is 23.1 Å². The van der Waals surface area contributed by atoms with Crippen LogP contribution in [-0.2, 0) is 9.47 Å². The third kappa shape index (κ3) is 2.84. The Morgan fingerprint density at radius 1 is 1.46 bits per heavy atom. The average Bonchev–Trinajstić information content (AvgIpc) is 3.14. The van der Waals surface area contributed by atoms with Gasteiger partial charge in [0.1, 0.15) is 30.2 Å². The average molecular weight is 336 g/mol. The fraction of sp³-hybridized carbons (Fsp3) is 0.583. The summed E-state index contributed by atoms with van der Waals surface area (Å²) in [6.45, 7) is -0.179. The van der Waals surface area contributed by atoms with Crippen molar-refractivity contribution in [2.24, 2.45) is 5.11 Å². The summed E-state index contributed by atoms with van der Waals surface area (Å²) in [5, 5.41) is 23.0.